The SMILES string of the molecule is CCCc1cc(=O)oc2c(C)c(OC(C)C(=O)N[C@@H](C(=O)O)c3ccccc3)ccc12. The molecule has 2 N–H and O–H groups in total. The van der Waals surface area contributed by atoms with E-state index in [-0.39, 0.29) is 0 Å². The second kappa shape index (κ2) is 9.47. The summed E-state index contributed by atoms with van der Waals surface area (Å²) < 4.78 is 11.2. The molecular formula is C24H25NO6. The minimum absolute atomic E-state index is 0.388. The van der Waals surface area contributed by atoms with Gasteiger partial charge in [0.25, 0.3) is 5.91 Å². The predicted molar refractivity (Wildman–Crippen MR) is 116 cm³/mol. The minimum Gasteiger partial charge on any atom is -0.480 e. The first-order valence-electron chi connectivity index (χ1n) is 10.1. The lowest BCUT2D eigenvalue weighted by Crippen LogP contribution is -2.41. The number of ether oxygens (including phenoxy) is 1. The van der Waals surface area contributed by atoms with Crippen LogP contribution in [-0.2, 0) is 16.0 Å². The Hall–Kier alpha value is -3.61. The molecule has 7 heteroatoms. The fourth-order valence-electron chi connectivity index (χ4n) is 3.45. The van der Waals surface area contributed by atoms with Crippen molar-refractivity contribution in [3.05, 3.63) is 75.6 Å². The van der Waals surface area contributed by atoms with Gasteiger partial charge in [-0.2, -0.15) is 0 Å². The van der Waals surface area contributed by atoms with Crippen LogP contribution in [0.15, 0.2) is 57.7 Å². The molecule has 0 saturated heterocycles. The smallest absolute Gasteiger partial charge is 0.336 e. The molecule has 0 radical (unpaired) electrons. The standard InChI is InChI=1S/C24H25NO6/c1-4-8-17-13-20(26)31-22-14(2)19(12-11-18(17)22)30-15(3)23(27)25-21(24(28)29)16-9-6-5-7-10-16/h5-7,9-13,15,21H,4,8H2,1-3H3,(H,25,27)(H,28,29)/t15?,21-/m1/s1. The van der Waals surface area contributed by atoms with Crippen LogP contribution in [0.4, 0.5) is 0 Å². The molecule has 2 aromatic carbocycles. The van der Waals surface area contributed by atoms with Gasteiger partial charge in [-0.1, -0.05) is 43.7 Å². The molecular weight excluding hydrogens is 398 g/mol. The van der Waals surface area contributed by atoms with E-state index in [2.05, 4.69) is 5.32 Å². The lowest BCUT2D eigenvalue weighted by Gasteiger charge is -2.20. The molecule has 1 aromatic heterocycles. The molecule has 0 bridgehead atoms. The minimum atomic E-state index is -1.19. The zero-order chi connectivity index (χ0) is 22.5. The first-order valence-corrected chi connectivity index (χ1v) is 10.1. The molecule has 1 amide bonds. The van der Waals surface area contributed by atoms with Gasteiger partial charge < -0.3 is 19.6 Å². The van der Waals surface area contributed by atoms with Crippen molar-refractivity contribution < 1.29 is 23.8 Å². The summed E-state index contributed by atoms with van der Waals surface area (Å²) in [6.07, 6.45) is 0.669. The Morgan fingerprint density at radius 2 is 1.87 bits per heavy atom. The Morgan fingerprint density at radius 1 is 1.16 bits per heavy atom. The van der Waals surface area contributed by atoms with E-state index in [1.54, 1.807) is 49.4 Å². The molecule has 7 nitrogen and oxygen atoms in total. The quantitative estimate of drug-likeness (QED) is 0.535. The summed E-state index contributed by atoms with van der Waals surface area (Å²) in [6.45, 7) is 5.32. The van der Waals surface area contributed by atoms with Crippen molar-refractivity contribution in [2.24, 2.45) is 0 Å². The number of amides is 1. The first-order chi connectivity index (χ1) is 14.8. The topological polar surface area (TPSA) is 106 Å². The van der Waals surface area contributed by atoms with E-state index in [1.807, 2.05) is 6.92 Å². The Morgan fingerprint density at radius 3 is 2.52 bits per heavy atom. The van der Waals surface area contributed by atoms with Crippen molar-refractivity contribution in [3.63, 3.8) is 0 Å². The second-order valence-corrected chi connectivity index (χ2v) is 7.36. The van der Waals surface area contributed by atoms with E-state index in [0.717, 1.165) is 23.8 Å². The number of carbonyl (C=O) groups excluding carboxylic acids is 1. The maximum Gasteiger partial charge on any atom is 0.336 e. The molecule has 2 atom stereocenters. The van der Waals surface area contributed by atoms with Crippen LogP contribution in [0.2, 0.25) is 0 Å². The van der Waals surface area contributed by atoms with Crippen molar-refractivity contribution in [3.8, 4) is 5.75 Å². The van der Waals surface area contributed by atoms with E-state index in [9.17, 15) is 19.5 Å². The summed E-state index contributed by atoms with van der Waals surface area (Å²) >= 11 is 0. The number of hydrogen-bond donors (Lipinski definition) is 2. The highest BCUT2D eigenvalue weighted by molar-refractivity contribution is 5.88. The number of nitrogens with one attached hydrogen (secondary N) is 1. The number of carbonyl (C=O) groups is 2. The number of hydrogen-bond acceptors (Lipinski definition) is 5. The summed E-state index contributed by atoms with van der Waals surface area (Å²) in [4.78, 5) is 36.2. The van der Waals surface area contributed by atoms with Crippen LogP contribution >= 0.6 is 0 Å². The Kier molecular flexibility index (Phi) is 6.74. The lowest BCUT2D eigenvalue weighted by atomic mass is 10.0. The van der Waals surface area contributed by atoms with Crippen molar-refractivity contribution in [2.45, 2.75) is 45.8 Å². The molecule has 0 fully saturated rings. The van der Waals surface area contributed by atoms with Crippen molar-refractivity contribution in [1.29, 1.82) is 0 Å². The van der Waals surface area contributed by atoms with Gasteiger partial charge in [0.1, 0.15) is 11.3 Å². The summed E-state index contributed by atoms with van der Waals surface area (Å²) in [6, 6.07) is 12.3. The van der Waals surface area contributed by atoms with Gasteiger partial charge in [-0.3, -0.25) is 4.79 Å². The van der Waals surface area contributed by atoms with Gasteiger partial charge in [0.2, 0.25) is 0 Å². The molecule has 0 aliphatic rings. The number of benzene rings is 2. The van der Waals surface area contributed by atoms with Gasteiger partial charge >= 0.3 is 11.6 Å². The Labute approximate surface area is 179 Å². The molecule has 31 heavy (non-hydrogen) atoms. The number of carboxylic acid groups (broad SMARTS) is 1. The van der Waals surface area contributed by atoms with Crippen LogP contribution in [-0.4, -0.2) is 23.1 Å². The first kappa shape index (κ1) is 22.1. The molecule has 3 aromatic rings. The molecule has 0 saturated carbocycles. The van der Waals surface area contributed by atoms with Gasteiger partial charge in [0, 0.05) is 17.0 Å². The van der Waals surface area contributed by atoms with Crippen LogP contribution in [0.5, 0.6) is 5.75 Å². The molecule has 0 aliphatic heterocycles. The van der Waals surface area contributed by atoms with Crippen molar-refractivity contribution in [2.75, 3.05) is 0 Å². The number of aryl methyl sites for hydroxylation is 2. The van der Waals surface area contributed by atoms with E-state index in [4.69, 9.17) is 9.15 Å². The van der Waals surface area contributed by atoms with Gasteiger partial charge in [0.15, 0.2) is 12.1 Å². The van der Waals surface area contributed by atoms with E-state index in [0.29, 0.717) is 22.5 Å². The number of fused-ring (bicyclic) bond motifs is 1. The average Bonchev–Trinajstić information content (AvgIpc) is 2.74. The maximum absolute atomic E-state index is 12.6. The van der Waals surface area contributed by atoms with Gasteiger partial charge in [-0.05, 0) is 43.5 Å². The molecule has 1 heterocycles. The fourth-order valence-corrected chi connectivity index (χ4v) is 3.45. The van der Waals surface area contributed by atoms with Crippen LogP contribution in [0.25, 0.3) is 11.0 Å². The molecule has 162 valence electrons. The number of rotatable bonds is 8. The van der Waals surface area contributed by atoms with Crippen molar-refractivity contribution in [1.82, 2.24) is 5.32 Å². The fraction of sp³-hybridized carbons (Fsp3) is 0.292. The van der Waals surface area contributed by atoms with Crippen LogP contribution < -0.4 is 15.7 Å². The Balaban J connectivity index is 1.83. The van der Waals surface area contributed by atoms with Gasteiger partial charge in [-0.15, -0.1) is 0 Å². The molecule has 1 unspecified atom stereocenters. The van der Waals surface area contributed by atoms with Crippen LogP contribution in [0.1, 0.15) is 43.0 Å². The summed E-state index contributed by atoms with van der Waals surface area (Å²) in [7, 11) is 0. The zero-order valence-electron chi connectivity index (χ0n) is 17.7. The van der Waals surface area contributed by atoms with Gasteiger partial charge in [0.05, 0.1) is 0 Å². The summed E-state index contributed by atoms with van der Waals surface area (Å²) in [5.41, 5.74) is 1.96. The second-order valence-electron chi connectivity index (χ2n) is 7.36. The summed E-state index contributed by atoms with van der Waals surface area (Å²) in [5.74, 6) is -1.35. The van der Waals surface area contributed by atoms with Gasteiger partial charge in [-0.25, -0.2) is 9.59 Å². The van der Waals surface area contributed by atoms with E-state index >= 15 is 0 Å². The zero-order valence-corrected chi connectivity index (χ0v) is 17.7. The highest BCUT2D eigenvalue weighted by Crippen LogP contribution is 2.29. The maximum atomic E-state index is 12.6. The average molecular weight is 423 g/mol. The number of carboxylic acids is 1. The van der Waals surface area contributed by atoms with Crippen LogP contribution in [0, 0.1) is 6.92 Å². The highest BCUT2D eigenvalue weighted by atomic mass is 16.5. The third kappa shape index (κ3) is 4.94. The van der Waals surface area contributed by atoms with Crippen molar-refractivity contribution >= 4 is 22.8 Å². The predicted octanol–water partition coefficient (Wildman–Crippen LogP) is 3.76. The molecule has 3 rings (SSSR count). The monoisotopic (exact) mass is 423 g/mol. The van der Waals surface area contributed by atoms with E-state index < -0.39 is 29.6 Å². The Bertz CT molecular complexity index is 1150. The van der Waals surface area contributed by atoms with Crippen LogP contribution in [0.3, 0.4) is 0 Å². The third-order valence-corrected chi connectivity index (χ3v) is 5.06. The third-order valence-electron chi connectivity index (χ3n) is 5.06. The molecule has 0 spiro atoms. The number of aliphatic carboxylic acids is 1. The lowest BCUT2D eigenvalue weighted by molar-refractivity contribution is -0.143. The molecule has 0 aliphatic carbocycles. The normalized spacial score (nSPS) is 12.9. The largest absolute Gasteiger partial charge is 0.480 e. The van der Waals surface area contributed by atoms with E-state index in [1.165, 1.54) is 13.0 Å². The summed E-state index contributed by atoms with van der Waals surface area (Å²) in [5, 5.41) is 12.8. The highest BCUT2D eigenvalue weighted by Gasteiger charge is 2.26.